The predicted molar refractivity (Wildman–Crippen MR) is 130 cm³/mol. The van der Waals surface area contributed by atoms with Crippen LogP contribution in [0.25, 0.3) is 27.8 Å². The number of ether oxygens (including phenoxy) is 1. The number of anilines is 1. The van der Waals surface area contributed by atoms with Gasteiger partial charge in [-0.3, -0.25) is 14.4 Å². The van der Waals surface area contributed by atoms with Crippen LogP contribution in [-0.2, 0) is 0 Å². The van der Waals surface area contributed by atoms with Crippen molar-refractivity contribution in [3.8, 4) is 22.7 Å². The molecular weight excluding hydrogens is 445 g/mol. The molecule has 0 aliphatic carbocycles. The smallest absolute Gasteiger partial charge is 0.265 e. The molecule has 0 spiro atoms. The van der Waals surface area contributed by atoms with Crippen LogP contribution in [0, 0.1) is 0 Å². The highest BCUT2D eigenvalue weighted by Gasteiger charge is 2.17. The Morgan fingerprint density at radius 2 is 2.03 bits per heavy atom. The molecule has 2 aromatic heterocycles. The Balaban J connectivity index is 1.98. The SMILES string of the molecule is CN=Cc1cc(-n2cc3ncc(OCC(C)F)nc3c(-c3ccc(Cl)cc3)c2=O)ccc1N. The van der Waals surface area contributed by atoms with Crippen molar-refractivity contribution in [2.45, 2.75) is 13.1 Å². The van der Waals surface area contributed by atoms with Gasteiger partial charge in [-0.1, -0.05) is 23.7 Å². The minimum absolute atomic E-state index is 0.133. The molecule has 0 aliphatic heterocycles. The molecule has 0 saturated carbocycles. The molecule has 1 unspecified atom stereocenters. The Bertz CT molecular complexity index is 1400. The van der Waals surface area contributed by atoms with E-state index in [9.17, 15) is 9.18 Å². The number of fused-ring (bicyclic) bond motifs is 1. The Kier molecular flexibility index (Phi) is 6.37. The van der Waals surface area contributed by atoms with Crippen molar-refractivity contribution in [1.82, 2.24) is 14.5 Å². The van der Waals surface area contributed by atoms with Crippen LogP contribution in [0.3, 0.4) is 0 Å². The lowest BCUT2D eigenvalue weighted by Gasteiger charge is -2.14. The highest BCUT2D eigenvalue weighted by atomic mass is 35.5. The van der Waals surface area contributed by atoms with Gasteiger partial charge in [-0.25, -0.2) is 14.4 Å². The topological polar surface area (TPSA) is 95.4 Å². The number of nitrogen functional groups attached to an aromatic ring is 1. The Morgan fingerprint density at radius 1 is 1.27 bits per heavy atom. The van der Waals surface area contributed by atoms with Crippen LogP contribution in [0.15, 0.2) is 64.6 Å². The first-order valence-electron chi connectivity index (χ1n) is 10.1. The molecule has 7 nitrogen and oxygen atoms in total. The first kappa shape index (κ1) is 22.4. The second-order valence-corrected chi connectivity index (χ2v) is 7.86. The summed E-state index contributed by atoms with van der Waals surface area (Å²) in [5, 5.41) is 0.536. The lowest BCUT2D eigenvalue weighted by atomic mass is 10.1. The minimum Gasteiger partial charge on any atom is -0.473 e. The molecule has 4 rings (SSSR count). The maximum atomic E-state index is 13.7. The normalized spacial score (nSPS) is 12.4. The molecule has 0 radical (unpaired) electrons. The fraction of sp³-hybridized carbons (Fsp3) is 0.167. The van der Waals surface area contributed by atoms with Gasteiger partial charge in [-0.2, -0.15) is 0 Å². The van der Waals surface area contributed by atoms with E-state index in [1.807, 2.05) is 0 Å². The van der Waals surface area contributed by atoms with Crippen LogP contribution in [0.2, 0.25) is 5.02 Å². The number of alkyl halides is 1. The lowest BCUT2D eigenvalue weighted by molar-refractivity contribution is 0.204. The summed E-state index contributed by atoms with van der Waals surface area (Å²) in [4.78, 5) is 26.6. The Morgan fingerprint density at radius 3 is 2.73 bits per heavy atom. The van der Waals surface area contributed by atoms with Gasteiger partial charge in [0.25, 0.3) is 5.56 Å². The number of halogens is 2. The third-order valence-electron chi connectivity index (χ3n) is 4.91. The molecule has 2 N–H and O–H groups in total. The Labute approximate surface area is 194 Å². The summed E-state index contributed by atoms with van der Waals surface area (Å²) in [5.41, 5.74) is 9.26. The zero-order valence-corrected chi connectivity index (χ0v) is 18.8. The number of pyridine rings is 1. The number of benzene rings is 2. The molecule has 4 aromatic rings. The van der Waals surface area contributed by atoms with Crippen LogP contribution < -0.4 is 16.0 Å². The average Bonchev–Trinajstić information content (AvgIpc) is 2.80. The number of nitrogens with two attached hydrogens (primary N) is 1. The molecule has 168 valence electrons. The standard InChI is InChI=1S/C24H21ClFN5O2/c1-14(26)13-33-21-11-29-20-12-31(18-7-8-19(27)16(9-18)10-28-2)24(32)22(23(20)30-21)15-3-5-17(25)6-4-15/h3-12,14H,13,27H2,1-2H3. The second-order valence-electron chi connectivity index (χ2n) is 7.42. The number of rotatable bonds is 6. The molecular formula is C24H21ClFN5O2. The van der Waals surface area contributed by atoms with Crippen molar-refractivity contribution in [2.75, 3.05) is 19.4 Å². The summed E-state index contributed by atoms with van der Waals surface area (Å²) in [6, 6.07) is 12.1. The summed E-state index contributed by atoms with van der Waals surface area (Å²) in [6.45, 7) is 1.22. The van der Waals surface area contributed by atoms with Gasteiger partial charge in [0.2, 0.25) is 5.88 Å². The van der Waals surface area contributed by atoms with Gasteiger partial charge in [0.1, 0.15) is 23.8 Å². The molecule has 0 bridgehead atoms. The molecule has 1 atom stereocenters. The lowest BCUT2D eigenvalue weighted by Crippen LogP contribution is -2.21. The number of hydrogen-bond donors (Lipinski definition) is 1. The summed E-state index contributed by atoms with van der Waals surface area (Å²) in [5.74, 6) is 0.133. The first-order valence-corrected chi connectivity index (χ1v) is 10.5. The van der Waals surface area contributed by atoms with Crippen molar-refractivity contribution in [3.63, 3.8) is 0 Å². The largest absolute Gasteiger partial charge is 0.473 e. The van der Waals surface area contributed by atoms with E-state index in [-0.39, 0.29) is 18.0 Å². The van der Waals surface area contributed by atoms with E-state index in [1.165, 1.54) is 17.7 Å². The zero-order valence-electron chi connectivity index (χ0n) is 18.0. The first-order chi connectivity index (χ1) is 15.9. The van der Waals surface area contributed by atoms with Crippen LogP contribution in [-0.4, -0.2) is 40.6 Å². The number of hydrogen-bond acceptors (Lipinski definition) is 6. The van der Waals surface area contributed by atoms with Crippen molar-refractivity contribution < 1.29 is 9.13 Å². The van der Waals surface area contributed by atoms with Gasteiger partial charge in [0, 0.05) is 41.4 Å². The molecule has 0 aliphatic rings. The predicted octanol–water partition coefficient (Wildman–Crippen LogP) is 4.47. The van der Waals surface area contributed by atoms with Gasteiger partial charge in [-0.15, -0.1) is 0 Å². The molecule has 9 heteroatoms. The van der Waals surface area contributed by atoms with Gasteiger partial charge in [-0.05, 0) is 42.8 Å². The number of nitrogens with zero attached hydrogens (tertiary/aromatic N) is 4. The summed E-state index contributed by atoms with van der Waals surface area (Å²) in [7, 11) is 1.64. The summed E-state index contributed by atoms with van der Waals surface area (Å²) in [6.07, 6.45) is 3.46. The van der Waals surface area contributed by atoms with E-state index in [1.54, 1.807) is 61.9 Å². The van der Waals surface area contributed by atoms with Gasteiger partial charge < -0.3 is 10.5 Å². The quantitative estimate of drug-likeness (QED) is 0.335. The maximum Gasteiger partial charge on any atom is 0.265 e. The number of aromatic nitrogens is 3. The van der Waals surface area contributed by atoms with E-state index in [4.69, 9.17) is 22.1 Å². The highest BCUT2D eigenvalue weighted by molar-refractivity contribution is 6.30. The van der Waals surface area contributed by atoms with E-state index in [2.05, 4.69) is 15.0 Å². The monoisotopic (exact) mass is 465 g/mol. The average molecular weight is 466 g/mol. The summed E-state index contributed by atoms with van der Waals surface area (Å²) < 4.78 is 20.1. The molecule has 0 amide bonds. The van der Waals surface area contributed by atoms with Crippen LogP contribution in [0.1, 0.15) is 12.5 Å². The Hall–Kier alpha value is -3.78. The van der Waals surface area contributed by atoms with Gasteiger partial charge in [0.15, 0.2) is 0 Å². The molecule has 0 saturated heterocycles. The van der Waals surface area contributed by atoms with Crippen molar-refractivity contribution in [1.29, 1.82) is 0 Å². The van der Waals surface area contributed by atoms with Crippen LogP contribution >= 0.6 is 11.6 Å². The second kappa shape index (κ2) is 9.38. The highest BCUT2D eigenvalue weighted by Crippen LogP contribution is 2.27. The maximum absolute atomic E-state index is 13.7. The van der Waals surface area contributed by atoms with Gasteiger partial charge >= 0.3 is 0 Å². The van der Waals surface area contributed by atoms with E-state index >= 15 is 0 Å². The summed E-state index contributed by atoms with van der Waals surface area (Å²) >= 11 is 6.05. The van der Waals surface area contributed by atoms with E-state index in [0.29, 0.717) is 44.1 Å². The van der Waals surface area contributed by atoms with Crippen LogP contribution in [0.4, 0.5) is 10.1 Å². The van der Waals surface area contributed by atoms with E-state index in [0.717, 1.165) is 0 Å². The minimum atomic E-state index is -1.17. The third kappa shape index (κ3) is 4.70. The fourth-order valence-electron chi connectivity index (χ4n) is 3.36. The zero-order chi connectivity index (χ0) is 23.5. The van der Waals surface area contributed by atoms with Crippen molar-refractivity contribution in [2.24, 2.45) is 4.99 Å². The molecule has 0 fully saturated rings. The molecule has 2 aromatic carbocycles. The third-order valence-corrected chi connectivity index (χ3v) is 5.16. The molecule has 33 heavy (non-hydrogen) atoms. The molecule has 2 heterocycles. The number of aliphatic imine (C=N–C) groups is 1. The van der Waals surface area contributed by atoms with Crippen molar-refractivity contribution in [3.05, 3.63) is 75.8 Å². The van der Waals surface area contributed by atoms with Gasteiger partial charge in [0.05, 0.1) is 11.8 Å². The van der Waals surface area contributed by atoms with Crippen LogP contribution in [0.5, 0.6) is 5.88 Å². The van der Waals surface area contributed by atoms with E-state index < -0.39 is 6.17 Å². The fourth-order valence-corrected chi connectivity index (χ4v) is 3.49. The van der Waals surface area contributed by atoms with Crippen molar-refractivity contribution >= 4 is 34.5 Å².